The van der Waals surface area contributed by atoms with Crippen LogP contribution in [0.4, 0.5) is 0 Å². The second-order valence-electron chi connectivity index (χ2n) is 6.44. The zero-order valence-electron chi connectivity index (χ0n) is 16.7. The highest BCUT2D eigenvalue weighted by Gasteiger charge is 2.16. The summed E-state index contributed by atoms with van der Waals surface area (Å²) in [6.07, 6.45) is 9.83. The lowest BCUT2D eigenvalue weighted by Gasteiger charge is -2.17. The zero-order chi connectivity index (χ0) is 21.0. The Labute approximate surface area is 164 Å². The van der Waals surface area contributed by atoms with E-state index >= 15 is 0 Å². The van der Waals surface area contributed by atoms with Gasteiger partial charge < -0.3 is 15.3 Å². The number of nitrogens with zero attached hydrogens (tertiary/aromatic N) is 1. The Morgan fingerprint density at radius 1 is 0.741 bits per heavy atom. The molecule has 0 atom stereocenters. The fourth-order valence-electron chi connectivity index (χ4n) is 2.47. The van der Waals surface area contributed by atoms with Crippen molar-refractivity contribution in [3.63, 3.8) is 0 Å². The standard InChI is InChI=1S/C12H24O4S.C6H15NO3/c1-2-3-4-5-6-7-8-9-10-11-12(13)17(14,15)16;8-4-1-7(2-5-9)3-6-10/h2-11H2,1H3,(H,14,15,16);8-10H,1-6H2. The van der Waals surface area contributed by atoms with Gasteiger partial charge in [-0.2, -0.15) is 8.42 Å². The van der Waals surface area contributed by atoms with Gasteiger partial charge in [0.1, 0.15) is 0 Å². The van der Waals surface area contributed by atoms with Crippen LogP contribution in [0.2, 0.25) is 0 Å². The summed E-state index contributed by atoms with van der Waals surface area (Å²) in [7, 11) is -4.45. The average molecular weight is 414 g/mol. The van der Waals surface area contributed by atoms with E-state index in [9.17, 15) is 13.2 Å². The van der Waals surface area contributed by atoms with E-state index in [1.54, 1.807) is 4.90 Å². The summed E-state index contributed by atoms with van der Waals surface area (Å²) in [4.78, 5) is 12.6. The SMILES string of the molecule is CCCCCCCCCCCC(=O)S(=O)(=O)O.OCCN(CCO)CCO. The maximum Gasteiger partial charge on any atom is 0.328 e. The van der Waals surface area contributed by atoms with E-state index in [2.05, 4.69) is 6.92 Å². The van der Waals surface area contributed by atoms with Gasteiger partial charge in [0.05, 0.1) is 19.8 Å². The van der Waals surface area contributed by atoms with Gasteiger partial charge in [-0.25, -0.2) is 0 Å². The second-order valence-corrected chi connectivity index (χ2v) is 7.84. The molecule has 4 N–H and O–H groups in total. The van der Waals surface area contributed by atoms with Crippen molar-refractivity contribution in [1.29, 1.82) is 0 Å². The third kappa shape index (κ3) is 21.6. The van der Waals surface area contributed by atoms with Gasteiger partial charge in [0.25, 0.3) is 5.12 Å². The maximum atomic E-state index is 10.8. The van der Waals surface area contributed by atoms with E-state index in [-0.39, 0.29) is 26.2 Å². The van der Waals surface area contributed by atoms with Gasteiger partial charge in [-0.05, 0) is 6.42 Å². The molecule has 0 amide bonds. The van der Waals surface area contributed by atoms with Crippen molar-refractivity contribution in [2.75, 3.05) is 39.5 Å². The lowest BCUT2D eigenvalue weighted by molar-refractivity contribution is -0.112. The van der Waals surface area contributed by atoms with Crippen LogP contribution in [0.15, 0.2) is 0 Å². The van der Waals surface area contributed by atoms with Gasteiger partial charge in [-0.3, -0.25) is 14.2 Å². The van der Waals surface area contributed by atoms with Gasteiger partial charge in [0.15, 0.2) is 0 Å². The molecular weight excluding hydrogens is 374 g/mol. The van der Waals surface area contributed by atoms with Crippen LogP contribution >= 0.6 is 0 Å². The summed E-state index contributed by atoms with van der Waals surface area (Å²) >= 11 is 0. The first-order valence-corrected chi connectivity index (χ1v) is 11.3. The van der Waals surface area contributed by atoms with Crippen molar-refractivity contribution in [2.24, 2.45) is 0 Å². The average Bonchev–Trinajstić information content (AvgIpc) is 2.60. The first-order valence-electron chi connectivity index (χ1n) is 9.88. The van der Waals surface area contributed by atoms with Crippen LogP contribution in [0.1, 0.15) is 71.1 Å². The van der Waals surface area contributed by atoms with Crippen LogP contribution < -0.4 is 0 Å². The lowest BCUT2D eigenvalue weighted by atomic mass is 10.1. The molecule has 0 bridgehead atoms. The maximum absolute atomic E-state index is 10.8. The normalized spacial score (nSPS) is 11.3. The van der Waals surface area contributed by atoms with Crippen LogP contribution in [-0.4, -0.2) is 77.8 Å². The number of hydrogen-bond acceptors (Lipinski definition) is 7. The number of unbranched alkanes of at least 4 members (excludes halogenated alkanes) is 8. The Balaban J connectivity index is 0. The van der Waals surface area contributed by atoms with Gasteiger partial charge >= 0.3 is 10.1 Å². The van der Waals surface area contributed by atoms with Gasteiger partial charge in [0.2, 0.25) is 0 Å². The molecule has 0 rings (SSSR count). The fraction of sp³-hybridized carbons (Fsp3) is 0.944. The van der Waals surface area contributed by atoms with Gasteiger partial charge in [0, 0.05) is 26.1 Å². The summed E-state index contributed by atoms with van der Waals surface area (Å²) in [6.45, 7) is 3.94. The Kier molecular flexibility index (Phi) is 21.4. The Bertz CT molecular complexity index is 415. The molecule has 0 aromatic rings. The fourth-order valence-corrected chi connectivity index (χ4v) is 2.87. The van der Waals surface area contributed by atoms with E-state index in [1.165, 1.54) is 32.1 Å². The molecule has 0 saturated heterocycles. The molecule has 0 saturated carbocycles. The quantitative estimate of drug-likeness (QED) is 0.221. The van der Waals surface area contributed by atoms with Gasteiger partial charge in [-0.1, -0.05) is 58.3 Å². The number of hydrogen-bond donors (Lipinski definition) is 4. The molecule has 0 aliphatic heterocycles. The molecule has 0 aromatic heterocycles. The lowest BCUT2D eigenvalue weighted by Crippen LogP contribution is -2.32. The summed E-state index contributed by atoms with van der Waals surface area (Å²) in [5, 5.41) is 24.4. The third-order valence-corrected chi connectivity index (χ3v) is 4.80. The molecule has 0 unspecified atom stereocenters. The van der Waals surface area contributed by atoms with E-state index in [0.717, 1.165) is 19.3 Å². The predicted molar refractivity (Wildman–Crippen MR) is 106 cm³/mol. The first kappa shape index (κ1) is 28.6. The summed E-state index contributed by atoms with van der Waals surface area (Å²) in [6, 6.07) is 0. The van der Waals surface area contributed by atoms with Crippen LogP contribution in [0.5, 0.6) is 0 Å². The second kappa shape index (κ2) is 20.2. The van der Waals surface area contributed by atoms with Crippen LogP contribution in [-0.2, 0) is 14.9 Å². The Hall–Kier alpha value is -0.580. The number of carbonyl (C=O) groups excluding carboxylic acids is 1. The van der Waals surface area contributed by atoms with Crippen molar-refractivity contribution in [3.8, 4) is 0 Å². The molecule has 0 heterocycles. The van der Waals surface area contributed by atoms with E-state index in [1.807, 2.05) is 0 Å². The minimum atomic E-state index is -4.45. The Morgan fingerprint density at radius 3 is 1.44 bits per heavy atom. The van der Waals surface area contributed by atoms with E-state index < -0.39 is 15.2 Å². The topological polar surface area (TPSA) is 135 Å². The largest absolute Gasteiger partial charge is 0.395 e. The number of aliphatic hydroxyl groups excluding tert-OH is 3. The monoisotopic (exact) mass is 413 g/mol. The number of rotatable bonds is 16. The zero-order valence-corrected chi connectivity index (χ0v) is 17.5. The predicted octanol–water partition coefficient (Wildman–Crippen LogP) is 1.59. The molecule has 0 aliphatic carbocycles. The van der Waals surface area contributed by atoms with Crippen molar-refractivity contribution >= 4 is 15.2 Å². The molecule has 27 heavy (non-hydrogen) atoms. The minimum absolute atomic E-state index is 0.0608. The summed E-state index contributed by atoms with van der Waals surface area (Å²) in [5.74, 6) is 0. The van der Waals surface area contributed by atoms with Crippen molar-refractivity contribution in [1.82, 2.24) is 4.90 Å². The minimum Gasteiger partial charge on any atom is -0.395 e. The smallest absolute Gasteiger partial charge is 0.328 e. The highest BCUT2D eigenvalue weighted by molar-refractivity contribution is 8.01. The Morgan fingerprint density at radius 2 is 1.11 bits per heavy atom. The van der Waals surface area contributed by atoms with Crippen LogP contribution in [0, 0.1) is 0 Å². The first-order chi connectivity index (χ1) is 12.8. The molecule has 0 fully saturated rings. The molecule has 9 heteroatoms. The molecule has 0 radical (unpaired) electrons. The molecule has 0 spiro atoms. The summed E-state index contributed by atoms with van der Waals surface area (Å²) in [5.41, 5.74) is 0. The van der Waals surface area contributed by atoms with E-state index in [0.29, 0.717) is 26.1 Å². The molecule has 8 nitrogen and oxygen atoms in total. The highest BCUT2D eigenvalue weighted by Crippen LogP contribution is 2.11. The molecule has 164 valence electrons. The van der Waals surface area contributed by atoms with Crippen molar-refractivity contribution in [3.05, 3.63) is 0 Å². The third-order valence-electron chi connectivity index (χ3n) is 4.02. The van der Waals surface area contributed by atoms with Gasteiger partial charge in [-0.15, -0.1) is 0 Å². The number of carbonyl (C=O) groups is 1. The number of aliphatic hydroxyl groups is 3. The highest BCUT2D eigenvalue weighted by atomic mass is 32.2. The summed E-state index contributed by atoms with van der Waals surface area (Å²) < 4.78 is 29.2. The molecule has 0 aliphatic rings. The van der Waals surface area contributed by atoms with Crippen molar-refractivity contribution < 1.29 is 33.1 Å². The van der Waals surface area contributed by atoms with Crippen LogP contribution in [0.25, 0.3) is 0 Å². The van der Waals surface area contributed by atoms with Crippen molar-refractivity contribution in [2.45, 2.75) is 71.1 Å². The van der Waals surface area contributed by atoms with Crippen LogP contribution in [0.3, 0.4) is 0 Å². The molecule has 0 aromatic carbocycles. The van der Waals surface area contributed by atoms with E-state index in [4.69, 9.17) is 19.9 Å². The molecular formula is C18H39NO7S.